The van der Waals surface area contributed by atoms with E-state index in [0.29, 0.717) is 0 Å². The molecular weight excluding hydrogens is 426 g/mol. The quantitative estimate of drug-likeness (QED) is 0.327. The summed E-state index contributed by atoms with van der Waals surface area (Å²) in [5.41, 5.74) is 13.2. The van der Waals surface area contributed by atoms with Crippen molar-refractivity contribution in [2.45, 2.75) is 39.5 Å². The van der Waals surface area contributed by atoms with Gasteiger partial charge >= 0.3 is 0 Å². The van der Waals surface area contributed by atoms with Crippen LogP contribution in [0, 0.1) is 0 Å². The Morgan fingerprint density at radius 3 is 1.80 bits per heavy atom. The van der Waals surface area contributed by atoms with Crippen molar-refractivity contribution in [3.8, 4) is 11.1 Å². The van der Waals surface area contributed by atoms with Crippen molar-refractivity contribution in [3.63, 3.8) is 0 Å². The van der Waals surface area contributed by atoms with E-state index >= 15 is 0 Å². The van der Waals surface area contributed by atoms with Crippen LogP contribution in [0.25, 0.3) is 16.8 Å². The van der Waals surface area contributed by atoms with Gasteiger partial charge in [-0.1, -0.05) is 107 Å². The van der Waals surface area contributed by atoms with Gasteiger partial charge in [0.05, 0.1) is 17.1 Å². The first-order valence-electron chi connectivity index (χ1n) is 12.4. The molecule has 0 unspecified atom stereocenters. The van der Waals surface area contributed by atoms with Crippen molar-refractivity contribution in [2.75, 3.05) is 10.1 Å². The molecule has 1 aliphatic rings. The fourth-order valence-corrected chi connectivity index (χ4v) is 4.44. The average Bonchev–Trinajstić information content (AvgIpc) is 3.34. The number of rotatable bonds is 5. The molecule has 0 saturated heterocycles. The van der Waals surface area contributed by atoms with Gasteiger partial charge in [-0.05, 0) is 58.4 Å². The molecule has 3 heteroatoms. The molecular formula is C32H33N3. The van der Waals surface area contributed by atoms with Gasteiger partial charge in [0.25, 0.3) is 0 Å². The van der Waals surface area contributed by atoms with Crippen LogP contribution >= 0.6 is 0 Å². The summed E-state index contributed by atoms with van der Waals surface area (Å²) in [6.07, 6.45) is 3.11. The molecule has 0 saturated carbocycles. The summed E-state index contributed by atoms with van der Waals surface area (Å²) in [4.78, 5) is 0. The number of anilines is 2. The van der Waals surface area contributed by atoms with E-state index in [2.05, 4.69) is 153 Å². The van der Waals surface area contributed by atoms with E-state index in [-0.39, 0.29) is 5.41 Å². The zero-order valence-corrected chi connectivity index (χ0v) is 21.0. The van der Waals surface area contributed by atoms with Gasteiger partial charge in [0.15, 0.2) is 0 Å². The SMILES string of the molecule is CCc1ccc(N2C(c3ccc(-c4ccccc4)cc3)=CNN2c2ccc(C(C)(C)C)cc2)cc1. The molecule has 0 atom stereocenters. The Morgan fingerprint density at radius 1 is 0.629 bits per heavy atom. The van der Waals surface area contributed by atoms with E-state index in [1.165, 1.54) is 22.3 Å². The van der Waals surface area contributed by atoms with Gasteiger partial charge in [-0.15, -0.1) is 0 Å². The van der Waals surface area contributed by atoms with Crippen LogP contribution in [-0.2, 0) is 11.8 Å². The van der Waals surface area contributed by atoms with Crippen molar-refractivity contribution >= 4 is 17.1 Å². The van der Waals surface area contributed by atoms with Crippen LogP contribution in [-0.4, -0.2) is 0 Å². The van der Waals surface area contributed by atoms with E-state index in [0.717, 1.165) is 29.1 Å². The van der Waals surface area contributed by atoms with Crippen molar-refractivity contribution in [1.29, 1.82) is 0 Å². The van der Waals surface area contributed by atoms with Gasteiger partial charge in [0, 0.05) is 11.8 Å². The molecule has 0 radical (unpaired) electrons. The first-order valence-corrected chi connectivity index (χ1v) is 12.4. The second-order valence-corrected chi connectivity index (χ2v) is 10.0. The highest BCUT2D eigenvalue weighted by molar-refractivity contribution is 5.85. The first kappa shape index (κ1) is 22.8. The molecule has 3 nitrogen and oxygen atoms in total. The molecule has 0 bridgehead atoms. The fraction of sp³-hybridized carbons (Fsp3) is 0.188. The van der Waals surface area contributed by atoms with Crippen LogP contribution in [0.2, 0.25) is 0 Å². The number of hydrazine groups is 2. The van der Waals surface area contributed by atoms with Crippen LogP contribution in [0.1, 0.15) is 44.4 Å². The van der Waals surface area contributed by atoms with E-state index in [9.17, 15) is 0 Å². The smallest absolute Gasteiger partial charge is 0.0900 e. The molecule has 4 aromatic rings. The number of nitrogens with one attached hydrogen (secondary N) is 1. The molecule has 1 N–H and O–H groups in total. The third-order valence-electron chi connectivity index (χ3n) is 6.61. The maximum Gasteiger partial charge on any atom is 0.0900 e. The lowest BCUT2D eigenvalue weighted by molar-refractivity contribution is 0.590. The maximum absolute atomic E-state index is 3.50. The van der Waals surface area contributed by atoms with Crippen LogP contribution in [0.15, 0.2) is 109 Å². The maximum atomic E-state index is 3.50. The highest BCUT2D eigenvalue weighted by atomic mass is 15.8. The second kappa shape index (κ2) is 9.34. The predicted molar refractivity (Wildman–Crippen MR) is 149 cm³/mol. The lowest BCUT2D eigenvalue weighted by Crippen LogP contribution is -2.43. The summed E-state index contributed by atoms with van der Waals surface area (Å²) < 4.78 is 0. The number of hydrogen-bond acceptors (Lipinski definition) is 3. The molecule has 0 spiro atoms. The van der Waals surface area contributed by atoms with Gasteiger partial charge in [0.2, 0.25) is 0 Å². The van der Waals surface area contributed by atoms with Crippen LogP contribution in [0.5, 0.6) is 0 Å². The minimum Gasteiger partial charge on any atom is -0.284 e. The van der Waals surface area contributed by atoms with Gasteiger partial charge < -0.3 is 0 Å². The van der Waals surface area contributed by atoms with Gasteiger partial charge in [-0.3, -0.25) is 5.43 Å². The van der Waals surface area contributed by atoms with Crippen molar-refractivity contribution in [3.05, 3.63) is 126 Å². The Balaban J connectivity index is 1.50. The lowest BCUT2D eigenvalue weighted by atomic mass is 9.87. The monoisotopic (exact) mass is 459 g/mol. The number of nitrogens with zero attached hydrogens (tertiary/aromatic N) is 2. The standard InChI is InChI=1S/C32H33N3/c1-5-24-11-19-29(20-12-24)34-31(27-15-13-26(14-16-27)25-9-7-6-8-10-25)23-33-35(34)30-21-17-28(18-22-30)32(2,3)4/h6-23,33H,5H2,1-4H3. The molecule has 1 aliphatic heterocycles. The van der Waals surface area contributed by atoms with Crippen LogP contribution < -0.4 is 15.6 Å². The highest BCUT2D eigenvalue weighted by Gasteiger charge is 2.27. The average molecular weight is 460 g/mol. The highest BCUT2D eigenvalue weighted by Crippen LogP contribution is 2.35. The summed E-state index contributed by atoms with van der Waals surface area (Å²) in [5, 5.41) is 4.37. The van der Waals surface area contributed by atoms with Crippen molar-refractivity contribution < 1.29 is 0 Å². The Labute approximate surface area is 209 Å². The molecule has 176 valence electrons. The molecule has 5 rings (SSSR count). The molecule has 4 aromatic carbocycles. The summed E-state index contributed by atoms with van der Waals surface area (Å²) in [7, 11) is 0. The van der Waals surface area contributed by atoms with Crippen molar-refractivity contribution in [2.24, 2.45) is 0 Å². The Bertz CT molecular complexity index is 1300. The van der Waals surface area contributed by atoms with E-state index in [1.807, 2.05) is 0 Å². The number of benzene rings is 4. The molecule has 0 amide bonds. The topological polar surface area (TPSA) is 18.5 Å². The third-order valence-corrected chi connectivity index (χ3v) is 6.61. The molecule has 0 aromatic heterocycles. The molecule has 1 heterocycles. The summed E-state index contributed by atoms with van der Waals surface area (Å²) in [5.74, 6) is 0. The van der Waals surface area contributed by atoms with Crippen LogP contribution in [0.4, 0.5) is 11.4 Å². The Hall–Kier alpha value is -3.98. The first-order chi connectivity index (χ1) is 16.9. The van der Waals surface area contributed by atoms with Gasteiger partial charge in [0.1, 0.15) is 0 Å². The third kappa shape index (κ3) is 4.67. The fourth-order valence-electron chi connectivity index (χ4n) is 4.44. The largest absolute Gasteiger partial charge is 0.284 e. The summed E-state index contributed by atoms with van der Waals surface area (Å²) in [6, 6.07) is 37.0. The van der Waals surface area contributed by atoms with Gasteiger partial charge in [-0.2, -0.15) is 5.12 Å². The Morgan fingerprint density at radius 2 is 1.20 bits per heavy atom. The second-order valence-electron chi connectivity index (χ2n) is 10.0. The summed E-state index contributed by atoms with van der Waals surface area (Å²) >= 11 is 0. The molecule has 0 fully saturated rings. The molecule has 0 aliphatic carbocycles. The normalized spacial score (nSPS) is 13.5. The van der Waals surface area contributed by atoms with Crippen molar-refractivity contribution in [1.82, 2.24) is 5.43 Å². The zero-order valence-electron chi connectivity index (χ0n) is 21.0. The van der Waals surface area contributed by atoms with E-state index < -0.39 is 0 Å². The minimum atomic E-state index is 0.122. The number of aryl methyl sites for hydroxylation is 1. The number of hydrogen-bond donors (Lipinski definition) is 1. The summed E-state index contributed by atoms with van der Waals surface area (Å²) in [6.45, 7) is 8.93. The minimum absolute atomic E-state index is 0.122. The van der Waals surface area contributed by atoms with E-state index in [1.54, 1.807) is 0 Å². The van der Waals surface area contributed by atoms with E-state index in [4.69, 9.17) is 0 Å². The molecule has 35 heavy (non-hydrogen) atoms. The zero-order chi connectivity index (χ0) is 24.4. The predicted octanol–water partition coefficient (Wildman–Crippen LogP) is 7.96. The Kier molecular flexibility index (Phi) is 6.08. The van der Waals surface area contributed by atoms with Gasteiger partial charge in [-0.25, -0.2) is 5.01 Å². The van der Waals surface area contributed by atoms with Crippen LogP contribution in [0.3, 0.4) is 0 Å². The lowest BCUT2D eigenvalue weighted by Gasteiger charge is -2.33.